The number of rotatable bonds is 5. The lowest BCUT2D eigenvalue weighted by molar-refractivity contribution is 0.580. The van der Waals surface area contributed by atoms with Crippen LogP contribution in [0, 0.1) is 0 Å². The minimum atomic E-state index is 0.178. The molecule has 0 heterocycles. The van der Waals surface area contributed by atoms with Crippen LogP contribution in [0.4, 0.5) is 0 Å². The quantitative estimate of drug-likeness (QED) is 0.791. The number of hydrogen-bond acceptors (Lipinski definition) is 1. The van der Waals surface area contributed by atoms with Crippen LogP contribution in [0.15, 0.2) is 28.7 Å². The van der Waals surface area contributed by atoms with Crippen molar-refractivity contribution in [3.8, 4) is 0 Å². The normalized spacial score (nSPS) is 12.8. The lowest BCUT2D eigenvalue weighted by atomic mass is 10.0. The fourth-order valence-electron chi connectivity index (χ4n) is 1.55. The van der Waals surface area contributed by atoms with Crippen molar-refractivity contribution >= 4 is 15.9 Å². The Morgan fingerprint density at radius 1 is 1.29 bits per heavy atom. The summed E-state index contributed by atoms with van der Waals surface area (Å²) in [5, 5.41) is 0. The second-order valence-corrected chi connectivity index (χ2v) is 4.48. The van der Waals surface area contributed by atoms with E-state index in [0.717, 1.165) is 10.9 Å². The standard InChI is InChI=1S/C12H18BrN/c1-2-3-4-9-12(14)10-7-5-6-8-11(10)13/h5-8,12H,2-4,9,14H2,1H3/t12-/m0/s1. The molecule has 0 saturated heterocycles. The summed E-state index contributed by atoms with van der Waals surface area (Å²) < 4.78 is 1.13. The molecule has 1 nitrogen and oxygen atoms in total. The summed E-state index contributed by atoms with van der Waals surface area (Å²) in [6.45, 7) is 2.21. The zero-order valence-corrected chi connectivity index (χ0v) is 10.3. The summed E-state index contributed by atoms with van der Waals surface area (Å²) in [5.74, 6) is 0. The van der Waals surface area contributed by atoms with Crippen molar-refractivity contribution in [2.45, 2.75) is 38.6 Å². The molecule has 2 N–H and O–H groups in total. The SMILES string of the molecule is CCCCC[C@H](N)c1ccccc1Br. The fraction of sp³-hybridized carbons (Fsp3) is 0.500. The molecule has 1 aromatic rings. The van der Waals surface area contributed by atoms with Crippen LogP contribution in [0.25, 0.3) is 0 Å². The van der Waals surface area contributed by atoms with Crippen LogP contribution in [-0.4, -0.2) is 0 Å². The van der Waals surface area contributed by atoms with Gasteiger partial charge >= 0.3 is 0 Å². The molecule has 0 bridgehead atoms. The van der Waals surface area contributed by atoms with Gasteiger partial charge in [-0.2, -0.15) is 0 Å². The summed E-state index contributed by atoms with van der Waals surface area (Å²) in [5.41, 5.74) is 7.33. The minimum absolute atomic E-state index is 0.178. The van der Waals surface area contributed by atoms with E-state index in [1.165, 1.54) is 24.8 Å². The van der Waals surface area contributed by atoms with Gasteiger partial charge in [0.15, 0.2) is 0 Å². The first-order valence-electron chi connectivity index (χ1n) is 5.25. The van der Waals surface area contributed by atoms with E-state index in [-0.39, 0.29) is 6.04 Å². The number of nitrogens with two attached hydrogens (primary N) is 1. The van der Waals surface area contributed by atoms with E-state index in [9.17, 15) is 0 Å². The van der Waals surface area contributed by atoms with Crippen LogP contribution in [0.2, 0.25) is 0 Å². The zero-order valence-electron chi connectivity index (χ0n) is 8.67. The van der Waals surface area contributed by atoms with Crippen molar-refractivity contribution in [1.29, 1.82) is 0 Å². The summed E-state index contributed by atoms with van der Waals surface area (Å²) >= 11 is 3.53. The lowest BCUT2D eigenvalue weighted by Gasteiger charge is -2.13. The van der Waals surface area contributed by atoms with Gasteiger partial charge in [0.25, 0.3) is 0 Å². The zero-order chi connectivity index (χ0) is 10.4. The van der Waals surface area contributed by atoms with Crippen molar-refractivity contribution < 1.29 is 0 Å². The third-order valence-corrected chi connectivity index (χ3v) is 3.15. The minimum Gasteiger partial charge on any atom is -0.324 e. The third-order valence-electron chi connectivity index (χ3n) is 2.42. The first kappa shape index (κ1) is 11.7. The van der Waals surface area contributed by atoms with E-state index < -0.39 is 0 Å². The highest BCUT2D eigenvalue weighted by Gasteiger charge is 2.07. The van der Waals surface area contributed by atoms with Gasteiger partial charge in [0.1, 0.15) is 0 Å². The molecule has 0 aliphatic carbocycles. The number of benzene rings is 1. The Labute approximate surface area is 94.8 Å². The molecule has 78 valence electrons. The highest BCUT2D eigenvalue weighted by molar-refractivity contribution is 9.10. The Hall–Kier alpha value is -0.340. The second-order valence-electron chi connectivity index (χ2n) is 3.62. The Morgan fingerprint density at radius 3 is 2.64 bits per heavy atom. The van der Waals surface area contributed by atoms with Crippen LogP contribution < -0.4 is 5.73 Å². The monoisotopic (exact) mass is 255 g/mol. The molecule has 0 fully saturated rings. The fourth-order valence-corrected chi connectivity index (χ4v) is 2.12. The lowest BCUT2D eigenvalue weighted by Crippen LogP contribution is -2.10. The van der Waals surface area contributed by atoms with Crippen molar-refractivity contribution in [1.82, 2.24) is 0 Å². The molecule has 0 aliphatic heterocycles. The molecule has 1 rings (SSSR count). The van der Waals surface area contributed by atoms with E-state index >= 15 is 0 Å². The van der Waals surface area contributed by atoms with Crippen LogP contribution in [0.5, 0.6) is 0 Å². The highest BCUT2D eigenvalue weighted by Crippen LogP contribution is 2.24. The average Bonchev–Trinajstić information content (AvgIpc) is 2.18. The van der Waals surface area contributed by atoms with Crippen molar-refractivity contribution in [3.63, 3.8) is 0 Å². The molecule has 0 spiro atoms. The second kappa shape index (κ2) is 6.20. The smallest absolute Gasteiger partial charge is 0.0306 e. The van der Waals surface area contributed by atoms with Crippen LogP contribution >= 0.6 is 15.9 Å². The van der Waals surface area contributed by atoms with E-state index in [4.69, 9.17) is 5.73 Å². The molecule has 0 radical (unpaired) electrons. The maximum atomic E-state index is 6.11. The number of unbranched alkanes of at least 4 members (excludes halogenated alkanes) is 2. The van der Waals surface area contributed by atoms with Crippen molar-refractivity contribution in [2.24, 2.45) is 5.73 Å². The Balaban J connectivity index is 2.51. The van der Waals surface area contributed by atoms with E-state index in [0.29, 0.717) is 0 Å². The molecule has 14 heavy (non-hydrogen) atoms. The van der Waals surface area contributed by atoms with Crippen molar-refractivity contribution in [2.75, 3.05) is 0 Å². The summed E-state index contributed by atoms with van der Waals surface area (Å²) in [6.07, 6.45) is 4.83. The molecule has 0 amide bonds. The Kier molecular flexibility index (Phi) is 5.20. The largest absolute Gasteiger partial charge is 0.324 e. The summed E-state index contributed by atoms with van der Waals surface area (Å²) in [7, 11) is 0. The average molecular weight is 256 g/mol. The van der Waals surface area contributed by atoms with Crippen LogP contribution in [0.3, 0.4) is 0 Å². The van der Waals surface area contributed by atoms with E-state index in [1.807, 2.05) is 12.1 Å². The molecular formula is C12H18BrN. The molecule has 1 aromatic carbocycles. The topological polar surface area (TPSA) is 26.0 Å². The molecule has 0 unspecified atom stereocenters. The summed E-state index contributed by atoms with van der Waals surface area (Å²) in [6, 6.07) is 8.39. The van der Waals surface area contributed by atoms with Gasteiger partial charge < -0.3 is 5.73 Å². The van der Waals surface area contributed by atoms with Gasteiger partial charge in [-0.1, -0.05) is 60.3 Å². The van der Waals surface area contributed by atoms with Gasteiger partial charge in [0.2, 0.25) is 0 Å². The van der Waals surface area contributed by atoms with E-state index in [2.05, 4.69) is 35.0 Å². The highest BCUT2D eigenvalue weighted by atomic mass is 79.9. The predicted octanol–water partition coefficient (Wildman–Crippen LogP) is 4.03. The Morgan fingerprint density at radius 2 is 2.00 bits per heavy atom. The molecule has 0 saturated carbocycles. The third kappa shape index (κ3) is 3.43. The first-order chi connectivity index (χ1) is 6.75. The van der Waals surface area contributed by atoms with Gasteiger partial charge in [-0.3, -0.25) is 0 Å². The van der Waals surface area contributed by atoms with Gasteiger partial charge in [0, 0.05) is 10.5 Å². The molecule has 0 aromatic heterocycles. The van der Waals surface area contributed by atoms with Gasteiger partial charge in [0.05, 0.1) is 0 Å². The van der Waals surface area contributed by atoms with E-state index in [1.54, 1.807) is 0 Å². The maximum absolute atomic E-state index is 6.11. The first-order valence-corrected chi connectivity index (χ1v) is 6.05. The van der Waals surface area contributed by atoms with Gasteiger partial charge in [-0.25, -0.2) is 0 Å². The van der Waals surface area contributed by atoms with Crippen LogP contribution in [0.1, 0.15) is 44.2 Å². The maximum Gasteiger partial charge on any atom is 0.0306 e. The van der Waals surface area contributed by atoms with Gasteiger partial charge in [-0.15, -0.1) is 0 Å². The predicted molar refractivity (Wildman–Crippen MR) is 65.2 cm³/mol. The van der Waals surface area contributed by atoms with Crippen LogP contribution in [-0.2, 0) is 0 Å². The molecule has 2 heteroatoms. The number of hydrogen-bond donors (Lipinski definition) is 1. The van der Waals surface area contributed by atoms with Crippen molar-refractivity contribution in [3.05, 3.63) is 34.3 Å². The molecular weight excluding hydrogens is 238 g/mol. The molecule has 1 atom stereocenters. The molecule has 0 aliphatic rings. The summed E-state index contributed by atoms with van der Waals surface area (Å²) in [4.78, 5) is 0. The van der Waals surface area contributed by atoms with Gasteiger partial charge in [-0.05, 0) is 18.1 Å². The number of halogens is 1. The Bertz CT molecular complexity index is 273.